The highest BCUT2D eigenvalue weighted by Gasteiger charge is 2.29. The maximum atomic E-state index is 13.5. The van der Waals surface area contributed by atoms with Gasteiger partial charge in [-0.25, -0.2) is 4.79 Å². The molecule has 33 heavy (non-hydrogen) atoms. The highest BCUT2D eigenvalue weighted by molar-refractivity contribution is 6.30. The SMILES string of the molecule is C[C@H]1CN(c2cccc(Cl)c2)c2nc3c(c(=O)n(C/C=C/c4ccccc4)c(=O)n3C)n2C1. The summed E-state index contributed by atoms with van der Waals surface area (Å²) in [7, 11) is 1.66. The Morgan fingerprint density at radius 3 is 2.64 bits per heavy atom. The van der Waals surface area contributed by atoms with Crippen LogP contribution in [0.4, 0.5) is 11.6 Å². The lowest BCUT2D eigenvalue weighted by atomic mass is 10.1. The molecule has 1 aliphatic rings. The number of halogens is 1. The minimum atomic E-state index is -0.386. The van der Waals surface area contributed by atoms with Crippen LogP contribution in [0.25, 0.3) is 17.2 Å². The second-order valence-corrected chi connectivity index (χ2v) is 8.90. The number of aryl methyl sites for hydroxylation is 1. The molecule has 0 N–H and O–H groups in total. The maximum absolute atomic E-state index is 13.5. The molecule has 7 nitrogen and oxygen atoms in total. The van der Waals surface area contributed by atoms with Crippen LogP contribution in [0.2, 0.25) is 5.02 Å². The molecule has 1 aliphatic heterocycles. The molecule has 0 saturated heterocycles. The molecule has 8 heteroatoms. The standard InChI is InChI=1S/C25H24ClN5O2/c1-17-15-30(20-12-6-11-19(26)14-20)24-27-22-21(31(24)16-17)23(32)29(25(33)28(22)2)13-7-10-18-8-4-3-5-9-18/h3-12,14,17H,13,15-16H2,1-2H3/b10-7+/t17-/m0/s1. The Morgan fingerprint density at radius 2 is 1.88 bits per heavy atom. The lowest BCUT2D eigenvalue weighted by Gasteiger charge is -2.33. The summed E-state index contributed by atoms with van der Waals surface area (Å²) >= 11 is 6.23. The van der Waals surface area contributed by atoms with Crippen molar-refractivity contribution >= 4 is 40.5 Å². The first-order chi connectivity index (χ1) is 15.9. The van der Waals surface area contributed by atoms with Crippen molar-refractivity contribution in [3.8, 4) is 0 Å². The number of nitrogens with zero attached hydrogens (tertiary/aromatic N) is 5. The van der Waals surface area contributed by atoms with E-state index in [0.29, 0.717) is 28.7 Å². The van der Waals surface area contributed by atoms with E-state index >= 15 is 0 Å². The van der Waals surface area contributed by atoms with E-state index in [1.807, 2.05) is 71.3 Å². The van der Waals surface area contributed by atoms with Crippen molar-refractivity contribution in [3.05, 3.63) is 92.1 Å². The molecule has 0 aliphatic carbocycles. The van der Waals surface area contributed by atoms with Crippen LogP contribution in [0, 0.1) is 5.92 Å². The number of aromatic nitrogens is 4. The van der Waals surface area contributed by atoms with Crippen molar-refractivity contribution in [3.63, 3.8) is 0 Å². The Morgan fingerprint density at radius 1 is 1.09 bits per heavy atom. The Kier molecular flexibility index (Phi) is 5.42. The van der Waals surface area contributed by atoms with E-state index < -0.39 is 0 Å². The number of imidazole rings is 1. The third-order valence-corrected chi connectivity index (χ3v) is 6.20. The monoisotopic (exact) mass is 461 g/mol. The number of hydrogen-bond donors (Lipinski definition) is 0. The van der Waals surface area contributed by atoms with Crippen molar-refractivity contribution in [2.45, 2.75) is 20.0 Å². The van der Waals surface area contributed by atoms with Crippen LogP contribution >= 0.6 is 11.6 Å². The van der Waals surface area contributed by atoms with Crippen LogP contribution < -0.4 is 16.1 Å². The Balaban J connectivity index is 1.64. The number of rotatable bonds is 4. The summed E-state index contributed by atoms with van der Waals surface area (Å²) in [4.78, 5) is 33.3. The van der Waals surface area contributed by atoms with Crippen LogP contribution in [-0.4, -0.2) is 25.2 Å². The molecule has 168 valence electrons. The van der Waals surface area contributed by atoms with Crippen LogP contribution in [0.15, 0.2) is 70.3 Å². The summed E-state index contributed by atoms with van der Waals surface area (Å²) in [6.07, 6.45) is 3.74. The lowest BCUT2D eigenvalue weighted by molar-refractivity contribution is 0.458. The zero-order chi connectivity index (χ0) is 23.1. The Labute approximate surface area is 195 Å². The lowest BCUT2D eigenvalue weighted by Crippen LogP contribution is -2.40. The maximum Gasteiger partial charge on any atom is 0.332 e. The number of benzene rings is 2. The molecule has 0 bridgehead atoms. The molecule has 0 amide bonds. The van der Waals surface area contributed by atoms with Gasteiger partial charge in [-0.05, 0) is 29.7 Å². The van der Waals surface area contributed by atoms with Gasteiger partial charge in [-0.15, -0.1) is 0 Å². The molecular formula is C25H24ClN5O2. The van der Waals surface area contributed by atoms with Gasteiger partial charge in [0.15, 0.2) is 11.2 Å². The summed E-state index contributed by atoms with van der Waals surface area (Å²) in [5.41, 5.74) is 2.04. The van der Waals surface area contributed by atoms with Gasteiger partial charge in [-0.2, -0.15) is 4.98 Å². The van der Waals surface area contributed by atoms with Gasteiger partial charge in [0, 0.05) is 37.4 Å². The molecule has 2 aromatic heterocycles. The van der Waals surface area contributed by atoms with Crippen LogP contribution in [0.5, 0.6) is 0 Å². The third kappa shape index (κ3) is 3.78. The average Bonchev–Trinajstić information content (AvgIpc) is 3.19. The van der Waals surface area contributed by atoms with E-state index in [1.54, 1.807) is 7.05 Å². The number of fused-ring (bicyclic) bond motifs is 3. The van der Waals surface area contributed by atoms with Gasteiger partial charge in [0.05, 0.1) is 0 Å². The van der Waals surface area contributed by atoms with E-state index in [1.165, 1.54) is 9.13 Å². The van der Waals surface area contributed by atoms with Gasteiger partial charge in [-0.1, -0.05) is 67.1 Å². The highest BCUT2D eigenvalue weighted by atomic mass is 35.5. The molecule has 4 aromatic rings. The fourth-order valence-corrected chi connectivity index (χ4v) is 4.57. The Hall–Kier alpha value is -3.58. The molecule has 0 fully saturated rings. The molecule has 2 aromatic carbocycles. The fourth-order valence-electron chi connectivity index (χ4n) is 4.39. The number of hydrogen-bond acceptors (Lipinski definition) is 4. The predicted molar refractivity (Wildman–Crippen MR) is 132 cm³/mol. The second kappa shape index (κ2) is 8.41. The first-order valence-electron chi connectivity index (χ1n) is 10.9. The smallest absolute Gasteiger partial charge is 0.312 e. The van der Waals surface area contributed by atoms with Gasteiger partial charge >= 0.3 is 5.69 Å². The van der Waals surface area contributed by atoms with Crippen LogP contribution in [0.3, 0.4) is 0 Å². The minimum Gasteiger partial charge on any atom is -0.312 e. The number of allylic oxidation sites excluding steroid dienone is 1. The largest absolute Gasteiger partial charge is 0.332 e. The van der Waals surface area contributed by atoms with Crippen molar-refractivity contribution in [2.75, 3.05) is 11.4 Å². The second-order valence-electron chi connectivity index (χ2n) is 8.46. The van der Waals surface area contributed by atoms with Gasteiger partial charge in [0.1, 0.15) is 0 Å². The summed E-state index contributed by atoms with van der Waals surface area (Å²) in [6.45, 7) is 3.71. The van der Waals surface area contributed by atoms with Gasteiger partial charge in [0.25, 0.3) is 5.56 Å². The summed E-state index contributed by atoms with van der Waals surface area (Å²) < 4.78 is 4.66. The molecular weight excluding hydrogens is 438 g/mol. The summed E-state index contributed by atoms with van der Waals surface area (Å²) in [5, 5.41) is 0.633. The van der Waals surface area contributed by atoms with Crippen LogP contribution in [0.1, 0.15) is 12.5 Å². The van der Waals surface area contributed by atoms with E-state index in [9.17, 15) is 9.59 Å². The molecule has 0 unspecified atom stereocenters. The average molecular weight is 462 g/mol. The Bertz CT molecular complexity index is 1480. The van der Waals surface area contributed by atoms with E-state index in [-0.39, 0.29) is 23.7 Å². The third-order valence-electron chi connectivity index (χ3n) is 5.96. The van der Waals surface area contributed by atoms with Crippen molar-refractivity contribution < 1.29 is 0 Å². The first kappa shape index (κ1) is 21.3. The molecule has 3 heterocycles. The normalized spacial score (nSPS) is 16.0. The summed E-state index contributed by atoms with van der Waals surface area (Å²) in [5.74, 6) is 0.923. The molecule has 0 radical (unpaired) electrons. The van der Waals surface area contributed by atoms with Crippen molar-refractivity contribution in [1.29, 1.82) is 0 Å². The van der Waals surface area contributed by atoms with Crippen molar-refractivity contribution in [2.24, 2.45) is 13.0 Å². The quantitative estimate of drug-likeness (QED) is 0.460. The van der Waals surface area contributed by atoms with Gasteiger partial charge in [0.2, 0.25) is 5.95 Å². The molecule has 5 rings (SSSR count). The van der Waals surface area contributed by atoms with Gasteiger partial charge < -0.3 is 9.47 Å². The topological polar surface area (TPSA) is 65.1 Å². The summed E-state index contributed by atoms with van der Waals surface area (Å²) in [6, 6.07) is 17.4. The predicted octanol–water partition coefficient (Wildman–Crippen LogP) is 4.05. The van der Waals surface area contributed by atoms with Gasteiger partial charge in [-0.3, -0.25) is 13.9 Å². The van der Waals surface area contributed by atoms with Crippen molar-refractivity contribution in [1.82, 2.24) is 18.7 Å². The minimum absolute atomic E-state index is 0.185. The first-order valence-corrected chi connectivity index (χ1v) is 11.3. The van der Waals surface area contributed by atoms with E-state index in [0.717, 1.165) is 17.8 Å². The zero-order valence-corrected chi connectivity index (χ0v) is 19.2. The molecule has 0 spiro atoms. The van der Waals surface area contributed by atoms with Crippen LogP contribution in [-0.2, 0) is 20.1 Å². The highest BCUT2D eigenvalue weighted by Crippen LogP contribution is 2.33. The van der Waals surface area contributed by atoms with E-state index in [4.69, 9.17) is 16.6 Å². The number of anilines is 2. The van der Waals surface area contributed by atoms with E-state index in [2.05, 4.69) is 11.8 Å². The zero-order valence-electron chi connectivity index (χ0n) is 18.5. The fraction of sp³-hybridized carbons (Fsp3) is 0.240. The molecule has 1 atom stereocenters. The molecule has 0 saturated carbocycles.